The van der Waals surface area contributed by atoms with Crippen LogP contribution in [-0.2, 0) is 6.54 Å². The van der Waals surface area contributed by atoms with Gasteiger partial charge in [-0.3, -0.25) is 4.90 Å². The van der Waals surface area contributed by atoms with Gasteiger partial charge >= 0.3 is 0 Å². The van der Waals surface area contributed by atoms with Gasteiger partial charge in [0, 0.05) is 54.7 Å². The van der Waals surface area contributed by atoms with Crippen LogP contribution >= 0.6 is 11.6 Å². The monoisotopic (exact) mass is 509 g/mol. The van der Waals surface area contributed by atoms with Gasteiger partial charge in [0.2, 0.25) is 0 Å². The molecule has 1 N–H and O–H groups in total. The van der Waals surface area contributed by atoms with Gasteiger partial charge < -0.3 is 9.88 Å². The van der Waals surface area contributed by atoms with E-state index < -0.39 is 0 Å². The summed E-state index contributed by atoms with van der Waals surface area (Å²) in [5.74, 6) is -0.192. The smallest absolute Gasteiger partial charge is 0.123 e. The maximum Gasteiger partial charge on any atom is 0.123 e. The van der Waals surface area contributed by atoms with Gasteiger partial charge in [0.15, 0.2) is 0 Å². The second kappa shape index (κ2) is 10.0. The van der Waals surface area contributed by atoms with Crippen molar-refractivity contribution < 1.29 is 4.39 Å². The molecule has 4 aromatic carbocycles. The predicted molar refractivity (Wildman–Crippen MR) is 153 cm³/mol. The molecule has 0 amide bonds. The van der Waals surface area contributed by atoms with Crippen molar-refractivity contribution >= 4 is 28.1 Å². The van der Waals surface area contributed by atoms with Crippen LogP contribution in [0.2, 0.25) is 5.02 Å². The van der Waals surface area contributed by atoms with Crippen molar-refractivity contribution in [3.63, 3.8) is 0 Å². The molecule has 186 valence electrons. The van der Waals surface area contributed by atoms with Crippen LogP contribution in [0.5, 0.6) is 0 Å². The number of fused-ring (bicyclic) bond motifs is 1. The molecule has 6 rings (SSSR count). The van der Waals surface area contributed by atoms with Crippen molar-refractivity contribution in [3.05, 3.63) is 113 Å². The van der Waals surface area contributed by atoms with E-state index in [0.29, 0.717) is 0 Å². The van der Waals surface area contributed by atoms with E-state index in [1.54, 1.807) is 12.1 Å². The number of nitrogens with one attached hydrogen (secondary N) is 1. The molecule has 0 radical (unpaired) electrons. The number of aromatic nitrogens is 1. The Labute approximate surface area is 222 Å². The van der Waals surface area contributed by atoms with Crippen LogP contribution in [0.3, 0.4) is 0 Å². The average Bonchev–Trinajstić information content (AvgIpc) is 3.33. The largest absolute Gasteiger partial charge is 0.369 e. The maximum absolute atomic E-state index is 13.4. The van der Waals surface area contributed by atoms with Crippen molar-refractivity contribution in [2.45, 2.75) is 13.5 Å². The minimum Gasteiger partial charge on any atom is -0.369 e. The molecule has 37 heavy (non-hydrogen) atoms. The van der Waals surface area contributed by atoms with E-state index in [1.807, 2.05) is 24.3 Å². The molecule has 0 saturated carbocycles. The Morgan fingerprint density at radius 3 is 2.32 bits per heavy atom. The lowest BCUT2D eigenvalue weighted by molar-refractivity contribution is 0.250. The molecule has 1 aliphatic heterocycles. The van der Waals surface area contributed by atoms with Gasteiger partial charge in [0.05, 0.1) is 5.69 Å². The number of aromatic amines is 1. The Morgan fingerprint density at radius 1 is 0.838 bits per heavy atom. The number of anilines is 1. The van der Waals surface area contributed by atoms with E-state index in [1.165, 1.54) is 33.2 Å². The summed E-state index contributed by atoms with van der Waals surface area (Å²) in [6, 6.07) is 30.2. The fraction of sp³-hybridized carbons (Fsp3) is 0.188. The van der Waals surface area contributed by atoms with Crippen molar-refractivity contribution in [1.29, 1.82) is 0 Å². The third kappa shape index (κ3) is 4.87. The minimum atomic E-state index is -0.192. The molecule has 0 aliphatic carbocycles. The van der Waals surface area contributed by atoms with Crippen molar-refractivity contribution in [1.82, 2.24) is 9.88 Å². The first-order chi connectivity index (χ1) is 18.0. The zero-order valence-corrected chi connectivity index (χ0v) is 21.6. The van der Waals surface area contributed by atoms with Gasteiger partial charge in [-0.15, -0.1) is 0 Å². The van der Waals surface area contributed by atoms with Gasteiger partial charge in [-0.2, -0.15) is 0 Å². The van der Waals surface area contributed by atoms with Crippen LogP contribution in [0.1, 0.15) is 11.1 Å². The Morgan fingerprint density at radius 2 is 1.57 bits per heavy atom. The summed E-state index contributed by atoms with van der Waals surface area (Å²) in [6.07, 6.45) is 0. The molecule has 1 fully saturated rings. The third-order valence-corrected chi connectivity index (χ3v) is 7.65. The summed E-state index contributed by atoms with van der Waals surface area (Å²) in [6.45, 7) is 6.79. The van der Waals surface area contributed by atoms with Gasteiger partial charge in [0.1, 0.15) is 5.82 Å². The number of nitrogens with zero attached hydrogens (tertiary/aromatic N) is 2. The van der Waals surface area contributed by atoms with Crippen LogP contribution in [0.15, 0.2) is 91.0 Å². The van der Waals surface area contributed by atoms with Crippen LogP contribution in [0.4, 0.5) is 10.1 Å². The molecule has 3 nitrogen and oxygen atoms in total. The number of hydrogen-bond donors (Lipinski definition) is 1. The summed E-state index contributed by atoms with van der Waals surface area (Å²) in [4.78, 5) is 8.63. The SMILES string of the molecule is Cc1ccc2ccccc2c1-c1[nH]c(-c2ccc(Cl)cc2)cc1CN1CCN(c2ccc(F)cc2)CC1. The third-order valence-electron chi connectivity index (χ3n) is 7.40. The highest BCUT2D eigenvalue weighted by molar-refractivity contribution is 6.30. The van der Waals surface area contributed by atoms with Crippen LogP contribution < -0.4 is 4.90 Å². The normalized spacial score (nSPS) is 14.4. The van der Waals surface area contributed by atoms with Crippen molar-refractivity contribution in [2.24, 2.45) is 0 Å². The quantitative estimate of drug-likeness (QED) is 0.260. The molecular weight excluding hydrogens is 481 g/mol. The Balaban J connectivity index is 1.34. The second-order valence-electron chi connectivity index (χ2n) is 9.81. The molecule has 1 aromatic heterocycles. The van der Waals surface area contributed by atoms with E-state index in [-0.39, 0.29) is 5.82 Å². The highest BCUT2D eigenvalue weighted by Crippen LogP contribution is 2.37. The lowest BCUT2D eigenvalue weighted by Gasteiger charge is -2.36. The Bertz CT molecular complexity index is 1530. The standard InChI is InChI=1S/C32H29ClFN3/c1-22-6-7-23-4-2-3-5-29(23)31(22)32-25(20-30(35-32)24-8-10-26(33)11-9-24)21-36-16-18-37(19-17-36)28-14-12-27(34)13-15-28/h2-15,20,35H,16-19,21H2,1H3. The lowest BCUT2D eigenvalue weighted by Crippen LogP contribution is -2.46. The Kier molecular flexibility index (Phi) is 6.45. The van der Waals surface area contributed by atoms with Crippen LogP contribution in [0.25, 0.3) is 33.3 Å². The number of rotatable bonds is 5. The molecule has 5 heteroatoms. The maximum atomic E-state index is 13.4. The fourth-order valence-corrected chi connectivity index (χ4v) is 5.53. The number of benzene rings is 4. The van der Waals surface area contributed by atoms with Crippen molar-refractivity contribution in [2.75, 3.05) is 31.1 Å². The number of H-pyrrole nitrogens is 1. The number of aryl methyl sites for hydroxylation is 1. The summed E-state index contributed by atoms with van der Waals surface area (Å²) >= 11 is 6.17. The molecule has 0 atom stereocenters. The van der Waals surface area contributed by atoms with E-state index in [0.717, 1.165) is 54.7 Å². The molecule has 2 heterocycles. The summed E-state index contributed by atoms with van der Waals surface area (Å²) < 4.78 is 13.4. The van der Waals surface area contributed by atoms with Crippen molar-refractivity contribution in [3.8, 4) is 22.5 Å². The Hall–Kier alpha value is -3.60. The topological polar surface area (TPSA) is 22.3 Å². The fourth-order valence-electron chi connectivity index (χ4n) is 5.40. The molecule has 5 aromatic rings. The molecule has 0 unspecified atom stereocenters. The summed E-state index contributed by atoms with van der Waals surface area (Å²) in [5, 5.41) is 3.23. The van der Waals surface area contributed by atoms with Gasteiger partial charge in [0.25, 0.3) is 0 Å². The molecule has 1 aliphatic rings. The molecular formula is C32H29ClFN3. The van der Waals surface area contributed by atoms with Gasteiger partial charge in [-0.25, -0.2) is 4.39 Å². The lowest BCUT2D eigenvalue weighted by atomic mass is 9.95. The molecule has 0 bridgehead atoms. The first kappa shape index (κ1) is 23.8. The molecule has 0 spiro atoms. The highest BCUT2D eigenvalue weighted by Gasteiger charge is 2.21. The number of hydrogen-bond acceptors (Lipinski definition) is 2. The first-order valence-electron chi connectivity index (χ1n) is 12.7. The van der Waals surface area contributed by atoms with Gasteiger partial charge in [-0.05, 0) is 76.9 Å². The minimum absolute atomic E-state index is 0.192. The zero-order valence-electron chi connectivity index (χ0n) is 20.8. The summed E-state index contributed by atoms with van der Waals surface area (Å²) in [5.41, 5.74) is 8.29. The highest BCUT2D eigenvalue weighted by atomic mass is 35.5. The average molecular weight is 510 g/mol. The van der Waals surface area contributed by atoms with Gasteiger partial charge in [-0.1, -0.05) is 60.1 Å². The summed E-state index contributed by atoms with van der Waals surface area (Å²) in [7, 11) is 0. The van der Waals surface area contributed by atoms with E-state index in [9.17, 15) is 4.39 Å². The van der Waals surface area contributed by atoms with E-state index in [2.05, 4.69) is 76.3 Å². The first-order valence-corrected chi connectivity index (χ1v) is 13.1. The van der Waals surface area contributed by atoms with E-state index in [4.69, 9.17) is 11.6 Å². The number of halogens is 2. The predicted octanol–water partition coefficient (Wildman–Crippen LogP) is 7.93. The van der Waals surface area contributed by atoms with Crippen LogP contribution in [0, 0.1) is 12.7 Å². The zero-order chi connectivity index (χ0) is 25.4. The van der Waals surface area contributed by atoms with E-state index >= 15 is 0 Å². The second-order valence-corrected chi connectivity index (χ2v) is 10.2. The number of piperazine rings is 1. The van der Waals surface area contributed by atoms with Crippen LogP contribution in [-0.4, -0.2) is 36.1 Å². The molecule has 1 saturated heterocycles.